The van der Waals surface area contributed by atoms with Gasteiger partial charge in [-0.2, -0.15) is 9.36 Å². The number of fused-ring (bicyclic) bond motifs is 2. The van der Waals surface area contributed by atoms with Crippen molar-refractivity contribution >= 4 is 45.4 Å². The SMILES string of the molecule is [C-]#[N+]c1nn(C(C)C)c2ccc(-c3cc(C(=O)OCCCOC(=O)c4ccnc(-c5ccc6c(c5)c([N+]#[C-])nn6C(C)C)c4)ccn3)cc12. The van der Waals surface area contributed by atoms with Gasteiger partial charge in [0, 0.05) is 29.6 Å². The van der Waals surface area contributed by atoms with E-state index in [9.17, 15) is 9.59 Å². The van der Waals surface area contributed by atoms with E-state index in [1.807, 2.05) is 73.5 Å². The lowest BCUT2D eigenvalue weighted by molar-refractivity contribution is 0.0395. The molecule has 4 heterocycles. The smallest absolute Gasteiger partial charge is 0.338 e. The topological polar surface area (TPSA) is 123 Å². The number of carbonyl (C=O) groups excluding carboxylic acids is 2. The minimum atomic E-state index is -0.526. The van der Waals surface area contributed by atoms with Crippen molar-refractivity contribution in [2.75, 3.05) is 13.2 Å². The summed E-state index contributed by atoms with van der Waals surface area (Å²) >= 11 is 0. The number of aromatic nitrogens is 6. The van der Waals surface area contributed by atoms with Crippen molar-refractivity contribution in [3.8, 4) is 22.5 Å². The summed E-state index contributed by atoms with van der Waals surface area (Å²) < 4.78 is 14.5. The molecule has 0 saturated heterocycles. The second-order valence-electron chi connectivity index (χ2n) is 11.9. The number of hydrogen-bond donors (Lipinski definition) is 0. The average Bonchev–Trinajstić information content (AvgIpc) is 3.69. The Bertz CT molecular complexity index is 2140. The fourth-order valence-corrected chi connectivity index (χ4v) is 5.51. The fraction of sp³-hybridized carbons (Fsp3) is 0.243. The lowest BCUT2D eigenvalue weighted by Gasteiger charge is -2.09. The zero-order valence-corrected chi connectivity index (χ0v) is 27.4. The summed E-state index contributed by atoms with van der Waals surface area (Å²) in [6.45, 7) is 23.2. The molecule has 12 heteroatoms. The van der Waals surface area contributed by atoms with Gasteiger partial charge in [0.05, 0.1) is 58.8 Å². The van der Waals surface area contributed by atoms with Crippen molar-refractivity contribution in [1.29, 1.82) is 0 Å². The van der Waals surface area contributed by atoms with E-state index in [0.29, 0.717) is 40.6 Å². The molecule has 0 aliphatic heterocycles. The summed E-state index contributed by atoms with van der Waals surface area (Å²) in [6, 6.07) is 17.9. The lowest BCUT2D eigenvalue weighted by Crippen LogP contribution is -2.11. The van der Waals surface area contributed by atoms with E-state index >= 15 is 0 Å². The molecule has 0 atom stereocenters. The molecule has 0 radical (unpaired) electrons. The Morgan fingerprint density at radius 2 is 1.10 bits per heavy atom. The number of pyridine rings is 2. The third-order valence-electron chi connectivity index (χ3n) is 7.90. The molecule has 0 N–H and O–H groups in total. The highest BCUT2D eigenvalue weighted by Crippen LogP contribution is 2.33. The Kier molecular flexibility index (Phi) is 9.14. The van der Waals surface area contributed by atoms with Crippen LogP contribution in [0.2, 0.25) is 0 Å². The lowest BCUT2D eigenvalue weighted by atomic mass is 10.1. The highest BCUT2D eigenvalue weighted by molar-refractivity contribution is 5.96. The first-order valence-electron chi connectivity index (χ1n) is 15.7. The Hall–Kier alpha value is -6.40. The first-order chi connectivity index (χ1) is 23.7. The third-order valence-corrected chi connectivity index (χ3v) is 7.90. The number of rotatable bonds is 10. The van der Waals surface area contributed by atoms with Crippen LogP contribution in [0.4, 0.5) is 11.6 Å². The number of carbonyl (C=O) groups is 2. The van der Waals surface area contributed by atoms with E-state index in [2.05, 4.69) is 29.9 Å². The van der Waals surface area contributed by atoms with Crippen LogP contribution in [0.5, 0.6) is 0 Å². The molecule has 49 heavy (non-hydrogen) atoms. The van der Waals surface area contributed by atoms with E-state index in [0.717, 1.165) is 32.9 Å². The molecule has 0 aliphatic rings. The van der Waals surface area contributed by atoms with Crippen LogP contribution >= 0.6 is 0 Å². The Morgan fingerprint density at radius 3 is 1.49 bits per heavy atom. The molecular weight excluding hydrogens is 620 g/mol. The predicted molar refractivity (Wildman–Crippen MR) is 184 cm³/mol. The van der Waals surface area contributed by atoms with Crippen molar-refractivity contribution in [3.63, 3.8) is 0 Å². The van der Waals surface area contributed by atoms with Crippen LogP contribution in [0.1, 0.15) is 66.9 Å². The molecule has 6 rings (SSSR count). The van der Waals surface area contributed by atoms with Crippen molar-refractivity contribution in [3.05, 3.63) is 107 Å². The molecule has 0 fully saturated rings. The highest BCUT2D eigenvalue weighted by atomic mass is 16.5. The van der Waals surface area contributed by atoms with Crippen LogP contribution in [0, 0.1) is 13.1 Å². The average molecular weight is 653 g/mol. The van der Waals surface area contributed by atoms with E-state index in [1.165, 1.54) is 12.4 Å². The molecule has 0 unspecified atom stereocenters. The molecule has 0 spiro atoms. The second kappa shape index (κ2) is 13.8. The third kappa shape index (κ3) is 6.58. The van der Waals surface area contributed by atoms with Crippen LogP contribution in [-0.2, 0) is 9.47 Å². The van der Waals surface area contributed by atoms with Crippen LogP contribution in [0.25, 0.3) is 54.0 Å². The van der Waals surface area contributed by atoms with E-state index < -0.39 is 11.9 Å². The molecule has 6 aromatic rings. The number of esters is 2. The monoisotopic (exact) mass is 652 g/mol. The zero-order chi connectivity index (χ0) is 34.7. The predicted octanol–water partition coefficient (Wildman–Crippen LogP) is 8.18. The number of benzene rings is 2. The van der Waals surface area contributed by atoms with Gasteiger partial charge >= 0.3 is 23.6 Å². The molecule has 244 valence electrons. The largest absolute Gasteiger partial charge is 0.462 e. The summed E-state index contributed by atoms with van der Waals surface area (Å²) in [4.78, 5) is 41.6. The number of ether oxygens (including phenoxy) is 2. The maximum atomic E-state index is 12.8. The number of nitrogens with zero attached hydrogens (tertiary/aromatic N) is 8. The Labute approximate surface area is 282 Å². The van der Waals surface area contributed by atoms with Gasteiger partial charge in [-0.1, -0.05) is 37.4 Å². The molecule has 4 aromatic heterocycles. The van der Waals surface area contributed by atoms with E-state index in [4.69, 9.17) is 22.6 Å². The summed E-state index contributed by atoms with van der Waals surface area (Å²) in [7, 11) is 0. The van der Waals surface area contributed by atoms with Crippen LogP contribution in [0.3, 0.4) is 0 Å². The van der Waals surface area contributed by atoms with Gasteiger partial charge in [0.25, 0.3) is 0 Å². The van der Waals surface area contributed by atoms with Gasteiger partial charge in [-0.15, -0.1) is 0 Å². The van der Waals surface area contributed by atoms with E-state index in [1.54, 1.807) is 24.3 Å². The van der Waals surface area contributed by atoms with Gasteiger partial charge in [-0.25, -0.2) is 9.59 Å². The van der Waals surface area contributed by atoms with Crippen LogP contribution < -0.4 is 0 Å². The normalized spacial score (nSPS) is 11.2. The van der Waals surface area contributed by atoms with Gasteiger partial charge in [-0.3, -0.25) is 9.97 Å². The molecule has 12 nitrogen and oxygen atoms in total. The van der Waals surface area contributed by atoms with Gasteiger partial charge in [0.2, 0.25) is 0 Å². The maximum Gasteiger partial charge on any atom is 0.338 e. The summed E-state index contributed by atoms with van der Waals surface area (Å²) in [6.07, 6.45) is 3.38. The summed E-state index contributed by atoms with van der Waals surface area (Å²) in [5.41, 5.74) is 4.99. The van der Waals surface area contributed by atoms with Crippen LogP contribution in [-0.4, -0.2) is 54.7 Å². The van der Waals surface area contributed by atoms with Gasteiger partial charge in [-0.05, 0) is 85.4 Å². The number of hydrogen-bond acceptors (Lipinski definition) is 8. The molecule has 0 amide bonds. The molecule has 2 aromatic carbocycles. The minimum Gasteiger partial charge on any atom is -0.462 e. The molecule has 0 saturated carbocycles. The van der Waals surface area contributed by atoms with E-state index in [-0.39, 0.29) is 25.3 Å². The summed E-state index contributed by atoms with van der Waals surface area (Å²) in [5, 5.41) is 10.3. The van der Waals surface area contributed by atoms with Gasteiger partial charge in [0.15, 0.2) is 0 Å². The van der Waals surface area contributed by atoms with Crippen LogP contribution in [0.15, 0.2) is 73.1 Å². The van der Waals surface area contributed by atoms with Crippen molar-refractivity contribution < 1.29 is 19.1 Å². The minimum absolute atomic E-state index is 0.0491. The van der Waals surface area contributed by atoms with Gasteiger partial charge < -0.3 is 19.2 Å². The quantitative estimate of drug-likeness (QED) is 0.0825. The standard InChI is InChI=1S/C37H32N8O4/c1-22(2)44-32-10-8-24(18-28(32)34(38-5)42-44)30-20-26(12-14-40-30)36(46)48-16-7-17-49-37(47)27-13-15-41-31(21-27)25-9-11-33-29(19-25)35(39-6)43-45(33)23(3)4/h8-15,18-23H,7,16-17H2,1-4H3. The summed E-state index contributed by atoms with van der Waals surface area (Å²) in [5.74, 6) is -0.423. The molecule has 0 bridgehead atoms. The highest BCUT2D eigenvalue weighted by Gasteiger charge is 2.19. The Morgan fingerprint density at radius 1 is 0.673 bits per heavy atom. The second-order valence-corrected chi connectivity index (χ2v) is 11.9. The van der Waals surface area contributed by atoms with Gasteiger partial charge in [0.1, 0.15) is 0 Å². The fourth-order valence-electron chi connectivity index (χ4n) is 5.51. The molecule has 0 aliphatic carbocycles. The van der Waals surface area contributed by atoms with Crippen molar-refractivity contribution in [1.82, 2.24) is 29.5 Å². The maximum absolute atomic E-state index is 12.8. The Balaban J connectivity index is 1.05. The first-order valence-corrected chi connectivity index (χ1v) is 15.7. The van der Waals surface area contributed by atoms with Crippen molar-refractivity contribution in [2.24, 2.45) is 0 Å². The molecular formula is C37H32N8O4. The first kappa shape index (κ1) is 32.5. The van der Waals surface area contributed by atoms with Crippen molar-refractivity contribution in [2.45, 2.75) is 46.2 Å². The zero-order valence-electron chi connectivity index (χ0n) is 27.4.